The maximum atomic E-state index is 4.00. The first-order valence-corrected chi connectivity index (χ1v) is 22.6. The summed E-state index contributed by atoms with van der Waals surface area (Å²) in [6, 6.07) is 70.3. The van der Waals surface area contributed by atoms with Gasteiger partial charge < -0.3 is 21.3 Å². The number of fused-ring (bicyclic) bond motifs is 16. The van der Waals surface area contributed by atoms with Gasteiger partial charge in [0.2, 0.25) is 0 Å². The van der Waals surface area contributed by atoms with E-state index in [0.29, 0.717) is 0 Å². The molecule has 9 heteroatoms. The van der Waals surface area contributed by atoms with E-state index in [1.807, 2.05) is 0 Å². The summed E-state index contributed by atoms with van der Waals surface area (Å²) < 4.78 is 10.6. The van der Waals surface area contributed by atoms with Crippen LogP contribution in [-0.2, 0) is 0 Å². The Kier molecular flexibility index (Phi) is 6.43. The van der Waals surface area contributed by atoms with Crippen molar-refractivity contribution in [2.45, 2.75) is 0 Å². The van der Waals surface area contributed by atoms with Gasteiger partial charge in [-0.15, -0.1) is 0 Å². The molecule has 8 aromatic rings. The highest BCUT2D eigenvalue weighted by Gasteiger charge is 2.76. The van der Waals surface area contributed by atoms with Crippen molar-refractivity contribution in [3.63, 3.8) is 0 Å². The monoisotopic (exact) mass is 800 g/mol. The third-order valence-electron chi connectivity index (χ3n) is 12.9. The molecule has 0 unspecified atom stereocenters. The van der Waals surface area contributed by atoms with Crippen LogP contribution in [0.25, 0.3) is 44.5 Å². The first kappa shape index (κ1) is 32.8. The zero-order chi connectivity index (χ0) is 39.8. The van der Waals surface area contributed by atoms with Gasteiger partial charge in [0, 0.05) is 0 Å². The van der Waals surface area contributed by atoms with Crippen LogP contribution >= 0.6 is 0 Å². The Morgan fingerprint density at radius 3 is 0.705 bits per heavy atom. The van der Waals surface area contributed by atoms with Gasteiger partial charge >= 0.3 is 8.72 Å². The van der Waals surface area contributed by atoms with Gasteiger partial charge in [-0.2, -0.15) is 0 Å². The highest BCUT2D eigenvalue weighted by Crippen LogP contribution is 2.63. The van der Waals surface area contributed by atoms with Gasteiger partial charge in [0.15, 0.2) is 0 Å². The molecule has 6 heterocycles. The number of hydrogen-bond acceptors (Lipinski definition) is 8. The second-order valence-corrected chi connectivity index (χ2v) is 19.2. The fourth-order valence-electron chi connectivity index (χ4n) is 10.3. The molecule has 14 rings (SSSR count). The molecule has 4 N–H and O–H groups in total. The van der Waals surface area contributed by atoms with E-state index < -0.39 is 8.72 Å². The lowest BCUT2D eigenvalue weighted by Gasteiger charge is -2.47. The smallest absolute Gasteiger partial charge is 0.337 e. The topological polar surface area (TPSA) is 61.1 Å². The lowest BCUT2D eigenvalue weighted by Crippen LogP contribution is -2.77. The molecule has 0 amide bonds. The standard InChI is InChI=1S/C52H36N8Si/c1-5-13-33(14-6-1)37-21-25-45-41(29-37)53-49-50-54-42-30-38(34-15-7-2-8-16-34)22-26-46(42)58(50)61(57(45)49)59-47-27-23-39(35-17-9-3-10-18-35)31-43(47)55-51(59)52-56-44-32-40(24-28-48(44)60(52)61)36-19-11-4-12-20-36/h1-32,53-56H. The van der Waals surface area contributed by atoms with Crippen molar-refractivity contribution in [3.05, 3.63) is 217 Å². The maximum Gasteiger partial charge on any atom is 0.526 e. The summed E-state index contributed by atoms with van der Waals surface area (Å²) in [5, 5.41) is 16.0. The Balaban J connectivity index is 1.02. The van der Waals surface area contributed by atoms with E-state index in [9.17, 15) is 0 Å². The molecule has 0 bridgehead atoms. The van der Waals surface area contributed by atoms with E-state index in [0.717, 1.165) is 68.8 Å². The summed E-state index contributed by atoms with van der Waals surface area (Å²) in [7, 11) is -3.45. The largest absolute Gasteiger partial charge is 0.526 e. The van der Waals surface area contributed by atoms with Gasteiger partial charge in [0.1, 0.15) is 23.3 Å². The summed E-state index contributed by atoms with van der Waals surface area (Å²) in [4.78, 5) is 0. The normalized spacial score (nSPS) is 16.3. The number of rotatable bonds is 4. The van der Waals surface area contributed by atoms with Gasteiger partial charge in [-0.25, -0.2) is 0 Å². The van der Waals surface area contributed by atoms with E-state index >= 15 is 0 Å². The maximum absolute atomic E-state index is 4.00. The van der Waals surface area contributed by atoms with Crippen LogP contribution in [0.4, 0.5) is 45.5 Å². The molecule has 0 saturated carbocycles. The number of nitrogens with zero attached hydrogens (tertiary/aromatic N) is 4. The average Bonchev–Trinajstić information content (AvgIpc) is 4.16. The number of benzene rings is 8. The van der Waals surface area contributed by atoms with Crippen LogP contribution < -0.4 is 39.5 Å². The molecule has 0 radical (unpaired) electrons. The van der Waals surface area contributed by atoms with Gasteiger partial charge in [-0.05, 0) is 93.0 Å². The summed E-state index contributed by atoms with van der Waals surface area (Å²) in [5.74, 6) is 4.20. The number of hydrogen-bond donors (Lipinski definition) is 4. The Labute approximate surface area is 354 Å². The molecule has 0 atom stereocenters. The van der Waals surface area contributed by atoms with Crippen molar-refractivity contribution >= 4 is 54.2 Å². The average molecular weight is 801 g/mol. The zero-order valence-electron chi connectivity index (χ0n) is 32.8. The first-order valence-electron chi connectivity index (χ1n) is 20.8. The van der Waals surface area contributed by atoms with Crippen LogP contribution in [0.15, 0.2) is 217 Å². The lowest BCUT2D eigenvalue weighted by molar-refractivity contribution is 1.15. The molecule has 0 aromatic heterocycles. The van der Waals surface area contributed by atoms with Gasteiger partial charge in [-0.3, -0.25) is 18.3 Å². The summed E-state index contributed by atoms with van der Waals surface area (Å²) in [5.41, 5.74) is 18.4. The predicted octanol–water partition coefficient (Wildman–Crippen LogP) is 12.1. The SMILES string of the molecule is c1ccc(-c2ccc3c(c2)NC2=C4Nc5cc(-c6ccccc6)ccc5N4[Si]4(N23)N2C(=C3Nc5cc(-c6ccccc6)ccc5N34)Nc3cc(-c4ccccc4)ccc32)cc1. The van der Waals surface area contributed by atoms with E-state index in [1.54, 1.807) is 0 Å². The Morgan fingerprint density at radius 2 is 0.475 bits per heavy atom. The van der Waals surface area contributed by atoms with Crippen molar-refractivity contribution in [2.75, 3.05) is 39.5 Å². The van der Waals surface area contributed by atoms with Crippen LogP contribution in [0.3, 0.4) is 0 Å². The Bertz CT molecular complexity index is 2790. The van der Waals surface area contributed by atoms with Crippen LogP contribution in [0.5, 0.6) is 0 Å². The van der Waals surface area contributed by atoms with Gasteiger partial charge in [0.05, 0.1) is 45.5 Å². The first-order chi connectivity index (χ1) is 30.2. The third-order valence-corrected chi connectivity index (χ3v) is 17.2. The molecule has 6 aliphatic heterocycles. The second kappa shape index (κ2) is 12.0. The van der Waals surface area contributed by atoms with Crippen LogP contribution in [-0.4, -0.2) is 8.72 Å². The van der Waals surface area contributed by atoms with Crippen molar-refractivity contribution in [2.24, 2.45) is 0 Å². The fraction of sp³-hybridized carbons (Fsp3) is 0. The summed E-state index contributed by atoms with van der Waals surface area (Å²) >= 11 is 0. The third kappa shape index (κ3) is 4.36. The van der Waals surface area contributed by atoms with E-state index in [4.69, 9.17) is 0 Å². The molecule has 0 saturated heterocycles. The molecule has 6 aliphatic rings. The van der Waals surface area contributed by atoms with E-state index in [1.165, 1.54) is 44.5 Å². The van der Waals surface area contributed by atoms with Crippen LogP contribution in [0.1, 0.15) is 0 Å². The Hall–Kier alpha value is -8.14. The number of anilines is 8. The minimum Gasteiger partial charge on any atom is -0.337 e. The molecule has 8 aromatic carbocycles. The quantitative estimate of drug-likeness (QED) is 0.131. The molecular weight excluding hydrogens is 765 g/mol. The van der Waals surface area contributed by atoms with Crippen molar-refractivity contribution < 1.29 is 0 Å². The van der Waals surface area contributed by atoms with Crippen molar-refractivity contribution in [1.29, 1.82) is 0 Å². The zero-order valence-corrected chi connectivity index (χ0v) is 33.8. The molecule has 0 aliphatic carbocycles. The molecule has 288 valence electrons. The summed E-state index contributed by atoms with van der Waals surface area (Å²) in [6.07, 6.45) is 0. The molecular formula is C52H36N8Si. The van der Waals surface area contributed by atoms with Crippen LogP contribution in [0, 0.1) is 0 Å². The predicted molar refractivity (Wildman–Crippen MR) is 252 cm³/mol. The highest BCUT2D eigenvalue weighted by molar-refractivity contribution is 6.97. The number of nitrogens with one attached hydrogen (secondary N) is 4. The minimum absolute atomic E-state index is 1.05. The molecule has 61 heavy (non-hydrogen) atoms. The second-order valence-electron chi connectivity index (χ2n) is 16.2. The molecule has 0 fully saturated rings. The van der Waals surface area contributed by atoms with Crippen molar-refractivity contribution in [1.82, 2.24) is 0 Å². The minimum atomic E-state index is -3.45. The Morgan fingerprint density at radius 1 is 0.246 bits per heavy atom. The van der Waals surface area contributed by atoms with Gasteiger partial charge in [-0.1, -0.05) is 146 Å². The van der Waals surface area contributed by atoms with E-state index in [2.05, 4.69) is 234 Å². The van der Waals surface area contributed by atoms with Crippen molar-refractivity contribution in [3.8, 4) is 44.5 Å². The van der Waals surface area contributed by atoms with Gasteiger partial charge in [0.25, 0.3) is 0 Å². The lowest BCUT2D eigenvalue weighted by atomic mass is 10.0. The van der Waals surface area contributed by atoms with Crippen LogP contribution in [0.2, 0.25) is 0 Å². The summed E-state index contributed by atoms with van der Waals surface area (Å²) in [6.45, 7) is 0. The molecule has 1 spiro atoms. The highest BCUT2D eigenvalue weighted by atomic mass is 28.4. The molecule has 8 nitrogen and oxygen atoms in total. The fourth-order valence-corrected chi connectivity index (χ4v) is 15.4. The van der Waals surface area contributed by atoms with E-state index in [-0.39, 0.29) is 0 Å².